The van der Waals surface area contributed by atoms with Gasteiger partial charge in [0.1, 0.15) is 11.5 Å². The first-order valence-corrected chi connectivity index (χ1v) is 5.24. The van der Waals surface area contributed by atoms with Crippen LogP contribution < -0.4 is 11.1 Å². The van der Waals surface area contributed by atoms with E-state index in [9.17, 15) is 9.59 Å². The number of primary amides is 1. The zero-order chi connectivity index (χ0) is 12.8. The topological polar surface area (TPSA) is 105 Å². The van der Waals surface area contributed by atoms with Gasteiger partial charge in [0.25, 0.3) is 5.91 Å². The van der Waals surface area contributed by atoms with Crippen molar-refractivity contribution in [2.24, 2.45) is 11.7 Å². The number of nitrogens with one attached hydrogen (secondary N) is 1. The summed E-state index contributed by atoms with van der Waals surface area (Å²) in [4.78, 5) is 25.4. The van der Waals surface area contributed by atoms with Crippen molar-refractivity contribution in [2.45, 2.75) is 13.3 Å². The second kappa shape index (κ2) is 5.83. The molecule has 0 aliphatic heterocycles. The molecule has 0 aliphatic rings. The second-order valence-electron chi connectivity index (χ2n) is 3.73. The number of aliphatic carboxylic acids is 1. The van der Waals surface area contributed by atoms with E-state index >= 15 is 0 Å². The highest BCUT2D eigenvalue weighted by Gasteiger charge is 2.10. The zero-order valence-electron chi connectivity index (χ0n) is 9.51. The number of carbonyl (C=O) groups excluding carboxylic acids is 1. The number of hydrogen-bond acceptors (Lipinski definition) is 4. The monoisotopic (exact) mass is 237 g/mol. The van der Waals surface area contributed by atoms with Gasteiger partial charge < -0.3 is 16.2 Å². The van der Waals surface area contributed by atoms with Gasteiger partial charge in [-0.25, -0.2) is 4.98 Å². The molecule has 1 aromatic rings. The van der Waals surface area contributed by atoms with E-state index < -0.39 is 17.8 Å². The SMILES string of the molecule is CC(CCNc1cccc(C(N)=O)n1)C(=O)O. The van der Waals surface area contributed by atoms with Crippen molar-refractivity contribution in [3.63, 3.8) is 0 Å². The lowest BCUT2D eigenvalue weighted by Crippen LogP contribution is -2.16. The minimum atomic E-state index is -0.828. The van der Waals surface area contributed by atoms with Crippen LogP contribution in [-0.4, -0.2) is 28.5 Å². The lowest BCUT2D eigenvalue weighted by atomic mass is 10.1. The molecule has 1 rings (SSSR count). The second-order valence-corrected chi connectivity index (χ2v) is 3.73. The molecular formula is C11H15N3O3. The lowest BCUT2D eigenvalue weighted by Gasteiger charge is -2.08. The van der Waals surface area contributed by atoms with Crippen LogP contribution in [-0.2, 0) is 4.79 Å². The van der Waals surface area contributed by atoms with Crippen LogP contribution >= 0.6 is 0 Å². The normalized spacial score (nSPS) is 11.8. The van der Waals surface area contributed by atoms with Crippen LogP contribution in [0.15, 0.2) is 18.2 Å². The molecule has 1 amide bonds. The summed E-state index contributed by atoms with van der Waals surface area (Å²) in [5, 5.41) is 11.6. The highest BCUT2D eigenvalue weighted by molar-refractivity contribution is 5.91. The molecule has 1 unspecified atom stereocenters. The minimum absolute atomic E-state index is 0.182. The Bertz CT molecular complexity index is 420. The van der Waals surface area contributed by atoms with Crippen LogP contribution in [0, 0.1) is 5.92 Å². The van der Waals surface area contributed by atoms with Crippen LogP contribution in [0.2, 0.25) is 0 Å². The Morgan fingerprint density at radius 2 is 2.24 bits per heavy atom. The van der Waals surface area contributed by atoms with Crippen molar-refractivity contribution in [1.29, 1.82) is 0 Å². The first-order chi connectivity index (χ1) is 8.00. The summed E-state index contributed by atoms with van der Waals surface area (Å²) in [5.41, 5.74) is 5.27. The fourth-order valence-corrected chi connectivity index (χ4v) is 1.21. The average molecular weight is 237 g/mol. The summed E-state index contributed by atoms with van der Waals surface area (Å²) in [6, 6.07) is 4.88. The summed E-state index contributed by atoms with van der Waals surface area (Å²) < 4.78 is 0. The number of pyridine rings is 1. The lowest BCUT2D eigenvalue weighted by molar-refractivity contribution is -0.141. The summed E-state index contributed by atoms with van der Waals surface area (Å²) in [5.74, 6) is -1.32. The van der Waals surface area contributed by atoms with Crippen molar-refractivity contribution in [1.82, 2.24) is 4.98 Å². The number of amides is 1. The number of anilines is 1. The maximum absolute atomic E-state index is 10.9. The molecule has 0 radical (unpaired) electrons. The molecule has 1 aromatic heterocycles. The van der Waals surface area contributed by atoms with E-state index in [0.717, 1.165) is 0 Å². The van der Waals surface area contributed by atoms with Crippen LogP contribution in [0.4, 0.5) is 5.82 Å². The first-order valence-electron chi connectivity index (χ1n) is 5.24. The van der Waals surface area contributed by atoms with Gasteiger partial charge in [0, 0.05) is 6.54 Å². The van der Waals surface area contributed by atoms with E-state index in [4.69, 9.17) is 10.8 Å². The highest BCUT2D eigenvalue weighted by atomic mass is 16.4. The molecular weight excluding hydrogens is 222 g/mol. The molecule has 92 valence electrons. The molecule has 0 aliphatic carbocycles. The van der Waals surface area contributed by atoms with Gasteiger partial charge >= 0.3 is 5.97 Å². The maximum Gasteiger partial charge on any atom is 0.306 e. The smallest absolute Gasteiger partial charge is 0.306 e. The number of hydrogen-bond donors (Lipinski definition) is 3. The molecule has 0 fully saturated rings. The quantitative estimate of drug-likeness (QED) is 0.675. The van der Waals surface area contributed by atoms with Crippen molar-refractivity contribution in [2.75, 3.05) is 11.9 Å². The molecule has 0 saturated heterocycles. The van der Waals surface area contributed by atoms with Crippen LogP contribution in [0.1, 0.15) is 23.8 Å². The summed E-state index contributed by atoms with van der Waals surface area (Å²) in [6.45, 7) is 2.11. The van der Waals surface area contributed by atoms with Crippen LogP contribution in [0.3, 0.4) is 0 Å². The van der Waals surface area contributed by atoms with E-state index in [0.29, 0.717) is 18.8 Å². The molecule has 4 N–H and O–H groups in total. The Balaban J connectivity index is 2.49. The molecule has 6 heteroatoms. The fraction of sp³-hybridized carbons (Fsp3) is 0.364. The molecule has 0 spiro atoms. The van der Waals surface area contributed by atoms with Gasteiger partial charge in [-0.2, -0.15) is 0 Å². The summed E-state index contributed by atoms with van der Waals surface area (Å²) in [7, 11) is 0. The van der Waals surface area contributed by atoms with E-state index in [-0.39, 0.29) is 5.69 Å². The van der Waals surface area contributed by atoms with Gasteiger partial charge in [0.15, 0.2) is 0 Å². The third-order valence-electron chi connectivity index (χ3n) is 2.31. The first kappa shape index (κ1) is 13.0. The standard InChI is InChI=1S/C11H15N3O3/c1-7(11(16)17)5-6-13-9-4-2-3-8(14-9)10(12)15/h2-4,7H,5-6H2,1H3,(H2,12,15)(H,13,14)(H,16,17). The molecule has 6 nitrogen and oxygen atoms in total. The largest absolute Gasteiger partial charge is 0.481 e. The molecule has 17 heavy (non-hydrogen) atoms. The molecule has 0 bridgehead atoms. The van der Waals surface area contributed by atoms with Gasteiger partial charge in [0.05, 0.1) is 5.92 Å². The average Bonchev–Trinajstić information content (AvgIpc) is 2.29. The van der Waals surface area contributed by atoms with Crippen molar-refractivity contribution in [3.8, 4) is 0 Å². The maximum atomic E-state index is 10.9. The van der Waals surface area contributed by atoms with E-state index in [2.05, 4.69) is 10.3 Å². The predicted octanol–water partition coefficient (Wildman–Crippen LogP) is 0.703. The number of rotatable bonds is 6. The Hall–Kier alpha value is -2.11. The van der Waals surface area contributed by atoms with Gasteiger partial charge in [-0.15, -0.1) is 0 Å². The van der Waals surface area contributed by atoms with Crippen LogP contribution in [0.5, 0.6) is 0 Å². The van der Waals surface area contributed by atoms with Gasteiger partial charge in [0.2, 0.25) is 0 Å². The number of carbonyl (C=O) groups is 2. The van der Waals surface area contributed by atoms with Crippen molar-refractivity contribution < 1.29 is 14.7 Å². The molecule has 0 aromatic carbocycles. The van der Waals surface area contributed by atoms with E-state index in [1.807, 2.05) is 0 Å². The Morgan fingerprint density at radius 1 is 1.53 bits per heavy atom. The Morgan fingerprint density at radius 3 is 2.82 bits per heavy atom. The minimum Gasteiger partial charge on any atom is -0.481 e. The number of aromatic nitrogens is 1. The Kier molecular flexibility index (Phi) is 4.45. The van der Waals surface area contributed by atoms with Crippen molar-refractivity contribution in [3.05, 3.63) is 23.9 Å². The predicted molar refractivity (Wildman–Crippen MR) is 62.7 cm³/mol. The molecule has 1 heterocycles. The molecule has 0 saturated carbocycles. The highest BCUT2D eigenvalue weighted by Crippen LogP contribution is 2.06. The summed E-state index contributed by atoms with van der Waals surface area (Å²) >= 11 is 0. The number of carboxylic acid groups (broad SMARTS) is 1. The zero-order valence-corrected chi connectivity index (χ0v) is 9.51. The third kappa shape index (κ3) is 4.10. The van der Waals surface area contributed by atoms with E-state index in [1.54, 1.807) is 19.1 Å². The number of carboxylic acids is 1. The van der Waals surface area contributed by atoms with Gasteiger partial charge in [-0.1, -0.05) is 13.0 Å². The number of nitrogens with two attached hydrogens (primary N) is 1. The summed E-state index contributed by atoms with van der Waals surface area (Å²) in [6.07, 6.45) is 0.484. The number of nitrogens with zero attached hydrogens (tertiary/aromatic N) is 1. The van der Waals surface area contributed by atoms with Gasteiger partial charge in [-0.05, 0) is 18.6 Å². The van der Waals surface area contributed by atoms with Gasteiger partial charge in [-0.3, -0.25) is 9.59 Å². The van der Waals surface area contributed by atoms with Crippen LogP contribution in [0.25, 0.3) is 0 Å². The third-order valence-corrected chi connectivity index (χ3v) is 2.31. The van der Waals surface area contributed by atoms with Crippen molar-refractivity contribution >= 4 is 17.7 Å². The molecule has 1 atom stereocenters. The van der Waals surface area contributed by atoms with E-state index in [1.165, 1.54) is 6.07 Å². The Labute approximate surface area is 98.8 Å². The fourth-order valence-electron chi connectivity index (χ4n) is 1.21.